The molecular formula is C7H8NO3. The summed E-state index contributed by atoms with van der Waals surface area (Å²) in [4.78, 5) is 23.4. The lowest BCUT2D eigenvalue weighted by atomic mass is 10.4. The highest BCUT2D eigenvalue weighted by atomic mass is 16.6. The van der Waals surface area contributed by atoms with Gasteiger partial charge in [-0.05, 0) is 6.92 Å². The third kappa shape index (κ3) is 4.06. The Morgan fingerprint density at radius 1 is 1.55 bits per heavy atom. The third-order valence-corrected chi connectivity index (χ3v) is 0.792. The van der Waals surface area contributed by atoms with E-state index in [0.717, 1.165) is 0 Å². The zero-order valence-electron chi connectivity index (χ0n) is 6.38. The fourth-order valence-electron chi connectivity index (χ4n) is 0.308. The van der Waals surface area contributed by atoms with Crippen LogP contribution in [0.4, 0.5) is 0 Å². The predicted octanol–water partition coefficient (Wildman–Crippen LogP) is 0.951. The number of hydrogen-bond acceptors (Lipinski definition) is 4. The van der Waals surface area contributed by atoms with E-state index < -0.39 is 5.97 Å². The van der Waals surface area contributed by atoms with Crippen molar-refractivity contribution in [2.24, 2.45) is 4.99 Å². The summed E-state index contributed by atoms with van der Waals surface area (Å²) in [5.74, 6) is -0.596. The van der Waals surface area contributed by atoms with Gasteiger partial charge in [-0.15, -0.1) is 0 Å². The van der Waals surface area contributed by atoms with Gasteiger partial charge in [-0.3, -0.25) is 0 Å². The van der Waals surface area contributed by atoms with Gasteiger partial charge in [-0.25, -0.2) is 9.59 Å². The van der Waals surface area contributed by atoms with E-state index in [1.54, 1.807) is 0 Å². The van der Waals surface area contributed by atoms with Crippen LogP contribution in [0.1, 0.15) is 13.8 Å². The summed E-state index contributed by atoms with van der Waals surface area (Å²) in [6.45, 7) is 6.22. The number of hydrogen-bond donors (Lipinski definition) is 0. The molecule has 0 aliphatic rings. The molecule has 0 aromatic rings. The molecule has 0 amide bonds. The van der Waals surface area contributed by atoms with Crippen LogP contribution in [0.15, 0.2) is 17.1 Å². The number of carbonyl (C=O) groups excluding carboxylic acids is 2. The average molecular weight is 154 g/mol. The maximum absolute atomic E-state index is 10.7. The van der Waals surface area contributed by atoms with E-state index in [1.165, 1.54) is 19.9 Å². The molecule has 0 saturated carbocycles. The van der Waals surface area contributed by atoms with Crippen molar-refractivity contribution < 1.29 is 14.3 Å². The molecule has 59 valence electrons. The Balaban J connectivity index is 3.94. The van der Waals surface area contributed by atoms with Crippen molar-refractivity contribution in [1.82, 2.24) is 0 Å². The fourth-order valence-corrected chi connectivity index (χ4v) is 0.308. The standard InChI is InChI=1S/C7H8NO3/c1-5(2)7(10)11-6(3)8-4-9/h1H2,2-3H3. The fraction of sp³-hybridized carbons (Fsp3) is 0.286. The first-order valence-electron chi connectivity index (χ1n) is 2.87. The molecule has 0 rings (SSSR count). The van der Waals surface area contributed by atoms with Gasteiger partial charge in [0.2, 0.25) is 6.08 Å². The maximum atomic E-state index is 10.7. The molecule has 4 nitrogen and oxygen atoms in total. The van der Waals surface area contributed by atoms with Gasteiger partial charge in [0.15, 0.2) is 0 Å². The lowest BCUT2D eigenvalue weighted by molar-refractivity contribution is -0.137. The summed E-state index contributed by atoms with van der Waals surface area (Å²) < 4.78 is 4.50. The monoisotopic (exact) mass is 154 g/mol. The van der Waals surface area contributed by atoms with Gasteiger partial charge in [0, 0.05) is 12.5 Å². The van der Waals surface area contributed by atoms with E-state index in [4.69, 9.17) is 0 Å². The van der Waals surface area contributed by atoms with Gasteiger partial charge in [0.05, 0.1) is 0 Å². The smallest absolute Gasteiger partial charge is 0.335 e. The Hall–Kier alpha value is -1.41. The number of nitrogens with zero attached hydrogens (tertiary/aromatic N) is 1. The van der Waals surface area contributed by atoms with Crippen LogP contribution in [-0.4, -0.2) is 12.0 Å². The molecule has 4 heteroatoms. The van der Waals surface area contributed by atoms with E-state index >= 15 is 0 Å². The summed E-state index contributed by atoms with van der Waals surface area (Å²) in [6.07, 6.45) is 1.21. The highest BCUT2D eigenvalue weighted by molar-refractivity contribution is 5.87. The number of carbonyl (C=O) groups is 1. The van der Waals surface area contributed by atoms with Crippen LogP contribution in [0.5, 0.6) is 0 Å². The van der Waals surface area contributed by atoms with Crippen molar-refractivity contribution >= 4 is 12.0 Å². The second kappa shape index (κ2) is 4.41. The van der Waals surface area contributed by atoms with Crippen molar-refractivity contribution in [2.45, 2.75) is 13.8 Å². The van der Waals surface area contributed by atoms with Crippen LogP contribution in [0.2, 0.25) is 0 Å². The molecule has 0 atom stereocenters. The number of ether oxygens (including phenoxy) is 1. The number of esters is 1. The van der Waals surface area contributed by atoms with E-state index in [1.807, 2.05) is 0 Å². The quantitative estimate of drug-likeness (QED) is 0.263. The molecule has 0 aliphatic carbocycles. The van der Waals surface area contributed by atoms with Crippen LogP contribution < -0.4 is 0 Å². The minimum Gasteiger partial charge on any atom is -0.426 e. The molecule has 0 unspecified atom stereocenters. The normalized spacial score (nSPS) is 8.64. The summed E-state index contributed by atoms with van der Waals surface area (Å²) in [7, 11) is 0. The Morgan fingerprint density at radius 3 is 2.45 bits per heavy atom. The molecule has 0 spiro atoms. The van der Waals surface area contributed by atoms with Gasteiger partial charge >= 0.3 is 5.97 Å². The van der Waals surface area contributed by atoms with E-state index in [9.17, 15) is 9.59 Å². The Labute approximate surface area is 64.6 Å². The summed E-state index contributed by atoms with van der Waals surface area (Å²) >= 11 is 0. The summed E-state index contributed by atoms with van der Waals surface area (Å²) in [5.41, 5.74) is 0.255. The summed E-state index contributed by atoms with van der Waals surface area (Å²) in [6, 6.07) is 0. The van der Waals surface area contributed by atoms with Gasteiger partial charge in [-0.2, -0.15) is 4.99 Å². The van der Waals surface area contributed by atoms with E-state index in [2.05, 4.69) is 16.3 Å². The van der Waals surface area contributed by atoms with Crippen molar-refractivity contribution in [3.8, 4) is 0 Å². The molecular weight excluding hydrogens is 146 g/mol. The third-order valence-electron chi connectivity index (χ3n) is 0.792. The summed E-state index contributed by atoms with van der Waals surface area (Å²) in [5, 5.41) is 0. The highest BCUT2D eigenvalue weighted by Crippen LogP contribution is 2.04. The van der Waals surface area contributed by atoms with Gasteiger partial charge in [-0.1, -0.05) is 6.58 Å². The van der Waals surface area contributed by atoms with Crippen LogP contribution in [0.3, 0.4) is 0 Å². The second-order valence-corrected chi connectivity index (χ2v) is 1.89. The minimum absolute atomic E-state index is 0.0343. The van der Waals surface area contributed by atoms with Crippen molar-refractivity contribution in [3.05, 3.63) is 18.4 Å². The topological polar surface area (TPSA) is 55.7 Å². The van der Waals surface area contributed by atoms with Gasteiger partial charge in [0.1, 0.15) is 0 Å². The maximum Gasteiger partial charge on any atom is 0.335 e. The van der Waals surface area contributed by atoms with Crippen LogP contribution >= 0.6 is 0 Å². The molecule has 0 fully saturated rings. The number of isocyanates is 1. The largest absolute Gasteiger partial charge is 0.426 e. The molecule has 0 aromatic carbocycles. The van der Waals surface area contributed by atoms with Crippen LogP contribution in [0.25, 0.3) is 0 Å². The van der Waals surface area contributed by atoms with Crippen LogP contribution in [0, 0.1) is 6.23 Å². The van der Waals surface area contributed by atoms with Gasteiger partial charge < -0.3 is 4.74 Å². The molecule has 0 aliphatic heterocycles. The molecule has 0 bridgehead atoms. The molecule has 0 N–H and O–H groups in total. The minimum atomic E-state index is -0.596. The van der Waals surface area contributed by atoms with Crippen molar-refractivity contribution in [1.29, 1.82) is 0 Å². The Morgan fingerprint density at radius 2 is 2.09 bits per heavy atom. The van der Waals surface area contributed by atoms with Crippen molar-refractivity contribution in [3.63, 3.8) is 0 Å². The van der Waals surface area contributed by atoms with Crippen molar-refractivity contribution in [2.75, 3.05) is 0 Å². The molecule has 0 aromatic heterocycles. The molecule has 0 heterocycles. The zero-order valence-corrected chi connectivity index (χ0v) is 6.38. The number of aliphatic imine (C=N–C) groups is 1. The highest BCUT2D eigenvalue weighted by Gasteiger charge is 2.09. The van der Waals surface area contributed by atoms with Gasteiger partial charge in [0.25, 0.3) is 6.23 Å². The lowest BCUT2D eigenvalue weighted by Crippen LogP contribution is -2.06. The lowest BCUT2D eigenvalue weighted by Gasteiger charge is -2.03. The molecule has 1 radical (unpaired) electrons. The number of rotatable bonds is 3. The molecule has 11 heavy (non-hydrogen) atoms. The molecule has 0 saturated heterocycles. The first kappa shape index (κ1) is 9.59. The predicted molar refractivity (Wildman–Crippen MR) is 37.9 cm³/mol. The average Bonchev–Trinajstić information content (AvgIpc) is 1.87. The van der Waals surface area contributed by atoms with E-state index in [-0.39, 0.29) is 11.8 Å². The van der Waals surface area contributed by atoms with E-state index in [0.29, 0.717) is 0 Å². The first-order chi connectivity index (χ1) is 5.07. The SMILES string of the molecule is C=C(C)C(=O)O[C](C)N=C=O. The Bertz CT molecular complexity index is 216. The second-order valence-electron chi connectivity index (χ2n) is 1.89. The zero-order chi connectivity index (χ0) is 8.85. The Kier molecular flexibility index (Phi) is 3.85. The first-order valence-corrected chi connectivity index (χ1v) is 2.87. The van der Waals surface area contributed by atoms with Crippen LogP contribution in [-0.2, 0) is 14.3 Å².